The van der Waals surface area contributed by atoms with Gasteiger partial charge in [0.2, 0.25) is 0 Å². The Morgan fingerprint density at radius 3 is 2.53 bits per heavy atom. The van der Waals surface area contributed by atoms with Crippen LogP contribution >= 0.6 is 11.3 Å². The SMILES string of the molecule is CCOC(=O)c1nc(-c2ccc(CC)cc2)sc1C. The topological polar surface area (TPSA) is 39.2 Å². The lowest BCUT2D eigenvalue weighted by Gasteiger charge is -1.99. The number of nitrogens with zero attached hydrogens (tertiary/aromatic N) is 1. The Morgan fingerprint density at radius 2 is 1.95 bits per heavy atom. The number of carbonyl (C=O) groups excluding carboxylic acids is 1. The Hall–Kier alpha value is -1.68. The molecule has 100 valence electrons. The zero-order chi connectivity index (χ0) is 13.8. The third-order valence-corrected chi connectivity index (χ3v) is 3.89. The van der Waals surface area contributed by atoms with Crippen LogP contribution in [0.3, 0.4) is 0 Å². The maximum Gasteiger partial charge on any atom is 0.358 e. The molecule has 0 atom stereocenters. The molecule has 19 heavy (non-hydrogen) atoms. The van der Waals surface area contributed by atoms with Gasteiger partial charge in [-0.3, -0.25) is 0 Å². The van der Waals surface area contributed by atoms with Crippen LogP contribution in [-0.2, 0) is 11.2 Å². The summed E-state index contributed by atoms with van der Waals surface area (Å²) in [4.78, 5) is 17.0. The predicted octanol–water partition coefficient (Wildman–Crippen LogP) is 3.86. The maximum absolute atomic E-state index is 11.7. The fourth-order valence-electron chi connectivity index (χ4n) is 1.79. The summed E-state index contributed by atoms with van der Waals surface area (Å²) in [7, 11) is 0. The molecule has 0 bridgehead atoms. The summed E-state index contributed by atoms with van der Waals surface area (Å²) in [5.74, 6) is -0.340. The van der Waals surface area contributed by atoms with Crippen molar-refractivity contribution in [3.8, 4) is 10.6 Å². The van der Waals surface area contributed by atoms with E-state index in [-0.39, 0.29) is 5.97 Å². The number of thiazole rings is 1. The molecular formula is C15H17NO2S. The number of hydrogen-bond donors (Lipinski definition) is 0. The van der Waals surface area contributed by atoms with E-state index < -0.39 is 0 Å². The lowest BCUT2D eigenvalue weighted by molar-refractivity contribution is 0.0519. The molecule has 0 aliphatic rings. The minimum Gasteiger partial charge on any atom is -0.461 e. The second kappa shape index (κ2) is 5.97. The molecule has 0 spiro atoms. The van der Waals surface area contributed by atoms with Crippen LogP contribution in [0, 0.1) is 6.92 Å². The Labute approximate surface area is 117 Å². The standard InChI is InChI=1S/C15H17NO2S/c1-4-11-6-8-12(9-7-11)14-16-13(10(3)19-14)15(17)18-5-2/h6-9H,4-5H2,1-3H3. The van der Waals surface area contributed by atoms with E-state index in [4.69, 9.17) is 4.74 Å². The predicted molar refractivity (Wildman–Crippen MR) is 77.6 cm³/mol. The first-order valence-corrected chi connectivity index (χ1v) is 7.21. The second-order valence-electron chi connectivity index (χ2n) is 4.19. The number of rotatable bonds is 4. The van der Waals surface area contributed by atoms with Crippen molar-refractivity contribution in [2.24, 2.45) is 0 Å². The van der Waals surface area contributed by atoms with Crippen LogP contribution in [0.5, 0.6) is 0 Å². The van der Waals surface area contributed by atoms with Gasteiger partial charge in [-0.2, -0.15) is 0 Å². The summed E-state index contributed by atoms with van der Waals surface area (Å²) in [6.07, 6.45) is 1.02. The van der Waals surface area contributed by atoms with Crippen molar-refractivity contribution in [2.75, 3.05) is 6.61 Å². The fraction of sp³-hybridized carbons (Fsp3) is 0.333. The third-order valence-electron chi connectivity index (χ3n) is 2.87. The molecule has 1 heterocycles. The van der Waals surface area contributed by atoms with Crippen molar-refractivity contribution >= 4 is 17.3 Å². The van der Waals surface area contributed by atoms with Crippen molar-refractivity contribution in [2.45, 2.75) is 27.2 Å². The van der Waals surface area contributed by atoms with E-state index in [9.17, 15) is 4.79 Å². The first-order chi connectivity index (χ1) is 9.15. The molecule has 0 radical (unpaired) electrons. The molecule has 0 amide bonds. The van der Waals surface area contributed by atoms with Gasteiger partial charge in [0.1, 0.15) is 5.01 Å². The highest BCUT2D eigenvalue weighted by Gasteiger charge is 2.17. The molecular weight excluding hydrogens is 258 g/mol. The van der Waals surface area contributed by atoms with Gasteiger partial charge in [0.05, 0.1) is 6.61 Å². The Bertz CT molecular complexity index is 572. The summed E-state index contributed by atoms with van der Waals surface area (Å²) < 4.78 is 5.00. The van der Waals surface area contributed by atoms with Gasteiger partial charge in [-0.25, -0.2) is 9.78 Å². The van der Waals surface area contributed by atoms with E-state index in [0.29, 0.717) is 12.3 Å². The van der Waals surface area contributed by atoms with Crippen molar-refractivity contribution in [1.29, 1.82) is 0 Å². The molecule has 1 aromatic carbocycles. The smallest absolute Gasteiger partial charge is 0.358 e. The molecule has 0 N–H and O–H groups in total. The van der Waals surface area contributed by atoms with E-state index >= 15 is 0 Å². The average Bonchev–Trinajstić information content (AvgIpc) is 2.81. The van der Waals surface area contributed by atoms with E-state index in [1.165, 1.54) is 16.9 Å². The summed E-state index contributed by atoms with van der Waals surface area (Å²) in [5.41, 5.74) is 2.77. The molecule has 4 heteroatoms. The average molecular weight is 275 g/mol. The number of aromatic nitrogens is 1. The highest BCUT2D eigenvalue weighted by Crippen LogP contribution is 2.28. The van der Waals surface area contributed by atoms with Gasteiger partial charge >= 0.3 is 5.97 Å². The Kier molecular flexibility index (Phi) is 4.32. The van der Waals surface area contributed by atoms with Gasteiger partial charge < -0.3 is 4.74 Å². The molecule has 0 saturated heterocycles. The van der Waals surface area contributed by atoms with E-state index in [1.54, 1.807) is 6.92 Å². The van der Waals surface area contributed by atoms with Crippen LogP contribution in [-0.4, -0.2) is 17.6 Å². The van der Waals surface area contributed by atoms with Gasteiger partial charge in [0.25, 0.3) is 0 Å². The number of esters is 1. The van der Waals surface area contributed by atoms with E-state index in [0.717, 1.165) is 21.9 Å². The van der Waals surface area contributed by atoms with Gasteiger partial charge in [-0.05, 0) is 25.8 Å². The molecule has 2 rings (SSSR count). The number of benzene rings is 1. The van der Waals surface area contributed by atoms with Crippen molar-refractivity contribution in [3.05, 3.63) is 40.4 Å². The lowest BCUT2D eigenvalue weighted by atomic mass is 10.1. The van der Waals surface area contributed by atoms with Gasteiger partial charge in [-0.1, -0.05) is 31.2 Å². The summed E-state index contributed by atoms with van der Waals surface area (Å²) in [6.45, 7) is 6.19. The quantitative estimate of drug-likeness (QED) is 0.795. The first kappa shape index (κ1) is 13.7. The minimum atomic E-state index is -0.340. The van der Waals surface area contributed by atoms with Crippen LogP contribution in [0.2, 0.25) is 0 Å². The second-order valence-corrected chi connectivity index (χ2v) is 5.40. The first-order valence-electron chi connectivity index (χ1n) is 6.39. The molecule has 1 aromatic heterocycles. The maximum atomic E-state index is 11.7. The largest absolute Gasteiger partial charge is 0.461 e. The fourth-order valence-corrected chi connectivity index (χ4v) is 2.70. The molecule has 0 aliphatic heterocycles. The molecule has 2 aromatic rings. The lowest BCUT2D eigenvalue weighted by Crippen LogP contribution is -2.06. The van der Waals surface area contributed by atoms with Crippen LogP contribution in [0.1, 0.15) is 34.8 Å². The third kappa shape index (κ3) is 3.01. The molecule has 0 aliphatic carbocycles. The molecule has 0 fully saturated rings. The monoisotopic (exact) mass is 275 g/mol. The van der Waals surface area contributed by atoms with Crippen molar-refractivity contribution < 1.29 is 9.53 Å². The number of carbonyl (C=O) groups is 1. The Morgan fingerprint density at radius 1 is 1.26 bits per heavy atom. The summed E-state index contributed by atoms with van der Waals surface area (Å²) >= 11 is 1.52. The highest BCUT2D eigenvalue weighted by molar-refractivity contribution is 7.15. The van der Waals surface area contributed by atoms with Crippen LogP contribution in [0.15, 0.2) is 24.3 Å². The number of hydrogen-bond acceptors (Lipinski definition) is 4. The molecule has 3 nitrogen and oxygen atoms in total. The van der Waals surface area contributed by atoms with Crippen molar-refractivity contribution in [3.63, 3.8) is 0 Å². The highest BCUT2D eigenvalue weighted by atomic mass is 32.1. The molecule has 0 unspecified atom stereocenters. The van der Waals surface area contributed by atoms with E-state index in [2.05, 4.69) is 24.0 Å². The minimum absolute atomic E-state index is 0.340. The molecule has 0 saturated carbocycles. The van der Waals surface area contributed by atoms with Gasteiger partial charge in [-0.15, -0.1) is 11.3 Å². The van der Waals surface area contributed by atoms with Crippen LogP contribution in [0.25, 0.3) is 10.6 Å². The number of ether oxygens (including phenoxy) is 1. The van der Waals surface area contributed by atoms with E-state index in [1.807, 2.05) is 19.1 Å². The van der Waals surface area contributed by atoms with Crippen LogP contribution in [0.4, 0.5) is 0 Å². The summed E-state index contributed by atoms with van der Waals surface area (Å²) in [6, 6.07) is 8.28. The zero-order valence-corrected chi connectivity index (χ0v) is 12.2. The van der Waals surface area contributed by atoms with Gasteiger partial charge in [0, 0.05) is 10.4 Å². The van der Waals surface area contributed by atoms with Crippen LogP contribution < -0.4 is 0 Å². The van der Waals surface area contributed by atoms with Gasteiger partial charge in [0.15, 0.2) is 5.69 Å². The van der Waals surface area contributed by atoms with Crippen molar-refractivity contribution in [1.82, 2.24) is 4.98 Å². The number of aryl methyl sites for hydroxylation is 2. The summed E-state index contributed by atoms with van der Waals surface area (Å²) in [5, 5.41) is 0.864. The normalized spacial score (nSPS) is 10.5. The zero-order valence-electron chi connectivity index (χ0n) is 11.4. The Balaban J connectivity index is 2.30.